The number of aromatic nitrogens is 1. The highest BCUT2D eigenvalue weighted by molar-refractivity contribution is 5.33. The molecule has 2 atom stereocenters. The lowest BCUT2D eigenvalue weighted by Gasteiger charge is -2.29. The van der Waals surface area contributed by atoms with E-state index in [0.29, 0.717) is 24.4 Å². The first kappa shape index (κ1) is 10.4. The second-order valence-electron chi connectivity index (χ2n) is 3.67. The Labute approximate surface area is 87.5 Å². The molecule has 1 aliphatic heterocycles. The van der Waals surface area contributed by atoms with E-state index in [-0.39, 0.29) is 6.61 Å². The standard InChI is InChI=1S/C10H14N2O3/c11-9-2-1-7(5-12-9)10(6-13)8(14)3-4-15-10/h1-2,5,8,13-14H,3-4,6H2,(H2,11,12)/t8-,10-/m0/s1. The van der Waals surface area contributed by atoms with E-state index in [9.17, 15) is 10.2 Å². The van der Waals surface area contributed by atoms with Gasteiger partial charge in [0.15, 0.2) is 0 Å². The number of nitrogens with two attached hydrogens (primary N) is 1. The Bertz CT molecular complexity index is 341. The lowest BCUT2D eigenvalue weighted by atomic mass is 9.90. The average Bonchev–Trinajstić information content (AvgIpc) is 2.62. The molecule has 1 aliphatic rings. The van der Waals surface area contributed by atoms with Crippen LogP contribution in [0.2, 0.25) is 0 Å². The van der Waals surface area contributed by atoms with Gasteiger partial charge in [-0.25, -0.2) is 4.98 Å². The minimum atomic E-state index is -1.03. The van der Waals surface area contributed by atoms with E-state index in [4.69, 9.17) is 10.5 Å². The minimum absolute atomic E-state index is 0.264. The third-order valence-corrected chi connectivity index (χ3v) is 2.80. The third kappa shape index (κ3) is 1.58. The van der Waals surface area contributed by atoms with Gasteiger partial charge < -0.3 is 20.7 Å². The van der Waals surface area contributed by atoms with Crippen molar-refractivity contribution in [3.05, 3.63) is 23.9 Å². The smallest absolute Gasteiger partial charge is 0.143 e. The molecule has 82 valence electrons. The lowest BCUT2D eigenvalue weighted by Crippen LogP contribution is -2.40. The van der Waals surface area contributed by atoms with Crippen LogP contribution in [0.1, 0.15) is 12.0 Å². The van der Waals surface area contributed by atoms with Gasteiger partial charge in [-0.2, -0.15) is 0 Å². The Hall–Kier alpha value is -1.17. The molecular formula is C10H14N2O3. The number of hydrogen-bond acceptors (Lipinski definition) is 5. The molecule has 0 amide bonds. The number of hydrogen-bond donors (Lipinski definition) is 3. The molecule has 1 fully saturated rings. The molecule has 2 rings (SSSR count). The molecule has 1 aromatic heterocycles. The summed E-state index contributed by atoms with van der Waals surface area (Å²) in [7, 11) is 0. The van der Waals surface area contributed by atoms with Gasteiger partial charge in [-0.3, -0.25) is 0 Å². The van der Waals surface area contributed by atoms with Crippen LogP contribution in [-0.2, 0) is 10.3 Å². The maximum Gasteiger partial charge on any atom is 0.143 e. The zero-order valence-electron chi connectivity index (χ0n) is 8.26. The summed E-state index contributed by atoms with van der Waals surface area (Å²) in [6.07, 6.45) is 1.35. The van der Waals surface area contributed by atoms with Crippen LogP contribution >= 0.6 is 0 Å². The van der Waals surface area contributed by atoms with Crippen molar-refractivity contribution in [3.63, 3.8) is 0 Å². The molecule has 5 heteroatoms. The van der Waals surface area contributed by atoms with Crippen LogP contribution in [0, 0.1) is 0 Å². The number of nitrogen functional groups attached to an aromatic ring is 1. The monoisotopic (exact) mass is 210 g/mol. The summed E-state index contributed by atoms with van der Waals surface area (Å²) in [5.41, 5.74) is 5.10. The molecule has 1 saturated heterocycles. The van der Waals surface area contributed by atoms with Crippen LogP contribution in [-0.4, -0.2) is 34.5 Å². The molecule has 1 aromatic rings. The molecule has 0 saturated carbocycles. The molecule has 5 nitrogen and oxygen atoms in total. The second-order valence-corrected chi connectivity index (χ2v) is 3.67. The number of ether oxygens (including phenoxy) is 1. The third-order valence-electron chi connectivity index (χ3n) is 2.80. The minimum Gasteiger partial charge on any atom is -0.393 e. The van der Waals surface area contributed by atoms with E-state index in [2.05, 4.69) is 4.98 Å². The maximum atomic E-state index is 9.82. The van der Waals surface area contributed by atoms with Gasteiger partial charge in [-0.1, -0.05) is 6.07 Å². The fourth-order valence-electron chi connectivity index (χ4n) is 1.86. The molecule has 0 spiro atoms. The van der Waals surface area contributed by atoms with E-state index in [1.165, 1.54) is 6.20 Å². The van der Waals surface area contributed by atoms with Crippen molar-refractivity contribution < 1.29 is 14.9 Å². The van der Waals surface area contributed by atoms with E-state index >= 15 is 0 Å². The van der Waals surface area contributed by atoms with Gasteiger partial charge in [0.2, 0.25) is 0 Å². The molecule has 4 N–H and O–H groups in total. The van der Waals surface area contributed by atoms with Crippen LogP contribution in [0.3, 0.4) is 0 Å². The highest BCUT2D eigenvalue weighted by Gasteiger charge is 2.44. The highest BCUT2D eigenvalue weighted by atomic mass is 16.5. The molecule has 0 aliphatic carbocycles. The fraction of sp³-hybridized carbons (Fsp3) is 0.500. The van der Waals surface area contributed by atoms with Gasteiger partial charge in [0.05, 0.1) is 19.3 Å². The number of anilines is 1. The van der Waals surface area contributed by atoms with Gasteiger partial charge in [-0.05, 0) is 12.5 Å². The van der Waals surface area contributed by atoms with Crippen molar-refractivity contribution in [3.8, 4) is 0 Å². The Balaban J connectivity index is 2.37. The van der Waals surface area contributed by atoms with Crippen molar-refractivity contribution in [1.82, 2.24) is 4.98 Å². The molecule has 0 bridgehead atoms. The van der Waals surface area contributed by atoms with E-state index in [1.54, 1.807) is 12.1 Å². The van der Waals surface area contributed by atoms with Crippen LogP contribution in [0.5, 0.6) is 0 Å². The summed E-state index contributed by atoms with van der Waals surface area (Å²) in [6.45, 7) is 0.172. The SMILES string of the molecule is Nc1ccc([C@]2(CO)OCC[C@@H]2O)cn1. The van der Waals surface area contributed by atoms with Crippen molar-refractivity contribution in [2.45, 2.75) is 18.1 Å². The van der Waals surface area contributed by atoms with Crippen molar-refractivity contribution in [1.29, 1.82) is 0 Å². The Kier molecular flexibility index (Phi) is 2.60. The number of nitrogens with zero attached hydrogens (tertiary/aromatic N) is 1. The topological polar surface area (TPSA) is 88.6 Å². The molecule has 15 heavy (non-hydrogen) atoms. The van der Waals surface area contributed by atoms with Crippen molar-refractivity contribution in [2.75, 3.05) is 18.9 Å². The Morgan fingerprint density at radius 2 is 2.40 bits per heavy atom. The van der Waals surface area contributed by atoms with Crippen LogP contribution in [0.25, 0.3) is 0 Å². The van der Waals surface area contributed by atoms with Gasteiger partial charge in [0, 0.05) is 11.8 Å². The highest BCUT2D eigenvalue weighted by Crippen LogP contribution is 2.35. The molecule has 0 aromatic carbocycles. The van der Waals surface area contributed by atoms with Gasteiger partial charge >= 0.3 is 0 Å². The Morgan fingerprint density at radius 1 is 1.60 bits per heavy atom. The van der Waals surface area contributed by atoms with E-state index < -0.39 is 11.7 Å². The molecule has 2 heterocycles. The maximum absolute atomic E-state index is 9.82. The molecular weight excluding hydrogens is 196 g/mol. The predicted octanol–water partition coefficient (Wildman–Crippen LogP) is -0.367. The zero-order chi connectivity index (χ0) is 10.9. The summed E-state index contributed by atoms with van der Waals surface area (Å²) < 4.78 is 5.45. The van der Waals surface area contributed by atoms with Crippen LogP contribution in [0.4, 0.5) is 5.82 Å². The molecule has 0 unspecified atom stereocenters. The van der Waals surface area contributed by atoms with Crippen molar-refractivity contribution in [2.24, 2.45) is 0 Å². The summed E-state index contributed by atoms with van der Waals surface area (Å²) in [4.78, 5) is 3.93. The first-order valence-electron chi connectivity index (χ1n) is 4.84. The second kappa shape index (κ2) is 3.77. The van der Waals surface area contributed by atoms with Crippen molar-refractivity contribution >= 4 is 5.82 Å². The summed E-state index contributed by atoms with van der Waals surface area (Å²) in [6, 6.07) is 3.34. The largest absolute Gasteiger partial charge is 0.393 e. The fourth-order valence-corrected chi connectivity index (χ4v) is 1.86. The molecule has 0 radical (unpaired) electrons. The van der Waals surface area contributed by atoms with Crippen LogP contribution < -0.4 is 5.73 Å². The number of aliphatic hydroxyl groups excluding tert-OH is 2. The average molecular weight is 210 g/mol. The first-order chi connectivity index (χ1) is 7.19. The first-order valence-corrected chi connectivity index (χ1v) is 4.84. The van der Waals surface area contributed by atoms with Gasteiger partial charge in [-0.15, -0.1) is 0 Å². The van der Waals surface area contributed by atoms with Gasteiger partial charge in [0.1, 0.15) is 11.4 Å². The predicted molar refractivity (Wildman–Crippen MR) is 54.0 cm³/mol. The Morgan fingerprint density at radius 3 is 2.87 bits per heavy atom. The van der Waals surface area contributed by atoms with Crippen LogP contribution in [0.15, 0.2) is 18.3 Å². The normalized spacial score (nSPS) is 30.7. The summed E-state index contributed by atoms with van der Waals surface area (Å²) in [5, 5.41) is 19.2. The number of rotatable bonds is 2. The zero-order valence-corrected chi connectivity index (χ0v) is 8.26. The summed E-state index contributed by atoms with van der Waals surface area (Å²) in [5.74, 6) is 0.402. The van der Waals surface area contributed by atoms with E-state index in [0.717, 1.165) is 0 Å². The number of aliphatic hydroxyl groups is 2. The van der Waals surface area contributed by atoms with E-state index in [1.807, 2.05) is 0 Å². The summed E-state index contributed by atoms with van der Waals surface area (Å²) >= 11 is 0. The number of pyridine rings is 1. The lowest BCUT2D eigenvalue weighted by molar-refractivity contribution is -0.0961. The van der Waals surface area contributed by atoms with Gasteiger partial charge in [0.25, 0.3) is 0 Å². The quantitative estimate of drug-likeness (QED) is 0.620.